The van der Waals surface area contributed by atoms with E-state index in [0.29, 0.717) is 0 Å². The first kappa shape index (κ1) is 15.8. The summed E-state index contributed by atoms with van der Waals surface area (Å²) in [6, 6.07) is 19.4. The molecule has 0 bridgehead atoms. The minimum atomic E-state index is 1.03. The second kappa shape index (κ2) is 7.93. The topological polar surface area (TPSA) is 20.0 Å². The first-order valence-electron chi connectivity index (χ1n) is 8.59. The first-order chi connectivity index (χ1) is 11.3. The summed E-state index contributed by atoms with van der Waals surface area (Å²) in [6.07, 6.45) is 3.07. The van der Waals surface area contributed by atoms with Crippen LogP contribution in [0.4, 0.5) is 0 Å². The molecule has 23 heavy (non-hydrogen) atoms. The maximum atomic E-state index is 4.65. The fourth-order valence-electron chi connectivity index (χ4n) is 2.98. The smallest absolute Gasteiger partial charge is 0.103 e. The molecule has 0 aromatic heterocycles. The van der Waals surface area contributed by atoms with Crippen molar-refractivity contribution in [1.29, 1.82) is 0 Å². The van der Waals surface area contributed by atoms with Crippen LogP contribution in [-0.4, -0.2) is 37.4 Å². The van der Waals surface area contributed by atoms with E-state index >= 15 is 0 Å². The first-order valence-corrected chi connectivity index (χ1v) is 8.59. The highest BCUT2D eigenvalue weighted by Crippen LogP contribution is 2.03. The van der Waals surface area contributed by atoms with Crippen LogP contribution < -0.4 is 4.90 Å². The highest BCUT2D eigenvalue weighted by Gasteiger charge is 2.18. The van der Waals surface area contributed by atoms with Crippen molar-refractivity contribution in [3.8, 4) is 0 Å². The van der Waals surface area contributed by atoms with Gasteiger partial charge in [0.05, 0.1) is 32.4 Å². The Morgan fingerprint density at radius 1 is 0.957 bits per heavy atom. The monoisotopic (exact) mass is 308 g/mol. The van der Waals surface area contributed by atoms with Gasteiger partial charge in [-0.2, -0.15) is 5.10 Å². The molecule has 3 nitrogen and oxygen atoms in total. The van der Waals surface area contributed by atoms with Gasteiger partial charge in [0.25, 0.3) is 0 Å². The fourth-order valence-corrected chi connectivity index (χ4v) is 2.98. The lowest BCUT2D eigenvalue weighted by Crippen LogP contribution is -3.13. The molecule has 3 rings (SSSR count). The van der Waals surface area contributed by atoms with E-state index in [1.165, 1.54) is 16.7 Å². The molecule has 0 atom stereocenters. The van der Waals surface area contributed by atoms with E-state index in [2.05, 4.69) is 71.6 Å². The van der Waals surface area contributed by atoms with Crippen LogP contribution in [0.5, 0.6) is 0 Å². The molecule has 1 aliphatic rings. The molecule has 1 fully saturated rings. The van der Waals surface area contributed by atoms with Gasteiger partial charge in [0.2, 0.25) is 0 Å². The van der Waals surface area contributed by atoms with Crippen LogP contribution in [0.3, 0.4) is 0 Å². The predicted octanol–water partition coefficient (Wildman–Crippen LogP) is 1.98. The molecular formula is C20H26N3+. The van der Waals surface area contributed by atoms with Crippen LogP contribution >= 0.6 is 0 Å². The Hall–Kier alpha value is -2.13. The van der Waals surface area contributed by atoms with Crippen LogP contribution in [0.25, 0.3) is 0 Å². The average Bonchev–Trinajstić information content (AvgIpc) is 2.62. The molecule has 0 spiro atoms. The number of piperazine rings is 1. The quantitative estimate of drug-likeness (QED) is 0.838. The minimum Gasteiger partial charge on any atom is -0.328 e. The van der Waals surface area contributed by atoms with Crippen LogP contribution in [0.2, 0.25) is 0 Å². The van der Waals surface area contributed by atoms with Crippen molar-refractivity contribution < 1.29 is 4.90 Å². The Kier molecular flexibility index (Phi) is 5.43. The van der Waals surface area contributed by atoms with Crippen molar-refractivity contribution >= 4 is 6.21 Å². The highest BCUT2D eigenvalue weighted by atomic mass is 15.5. The Labute approximate surface area is 139 Å². The van der Waals surface area contributed by atoms with Crippen molar-refractivity contribution in [1.82, 2.24) is 5.01 Å². The van der Waals surface area contributed by atoms with Gasteiger partial charge >= 0.3 is 0 Å². The molecule has 0 saturated carbocycles. The van der Waals surface area contributed by atoms with Gasteiger partial charge in [-0.15, -0.1) is 0 Å². The third-order valence-corrected chi connectivity index (χ3v) is 4.50. The zero-order valence-electron chi connectivity index (χ0n) is 13.9. The molecule has 2 aromatic carbocycles. The number of hydrogen-bond donors (Lipinski definition) is 1. The Balaban J connectivity index is 1.47. The van der Waals surface area contributed by atoms with E-state index in [1.807, 2.05) is 6.21 Å². The van der Waals surface area contributed by atoms with Crippen LogP contribution in [0.1, 0.15) is 23.6 Å². The Morgan fingerprint density at radius 2 is 1.65 bits per heavy atom. The van der Waals surface area contributed by atoms with Crippen molar-refractivity contribution in [3.05, 3.63) is 71.3 Å². The van der Waals surface area contributed by atoms with Gasteiger partial charge in [-0.05, 0) is 17.5 Å². The molecule has 2 aromatic rings. The second-order valence-electron chi connectivity index (χ2n) is 6.21. The normalized spacial score (nSPS) is 16.1. The number of nitrogens with zero attached hydrogens (tertiary/aromatic N) is 2. The molecule has 0 radical (unpaired) electrons. The summed E-state index contributed by atoms with van der Waals surface area (Å²) < 4.78 is 0. The van der Waals surface area contributed by atoms with E-state index in [4.69, 9.17) is 0 Å². The van der Waals surface area contributed by atoms with Gasteiger partial charge < -0.3 is 4.90 Å². The third kappa shape index (κ3) is 4.67. The fraction of sp³-hybridized carbons (Fsp3) is 0.350. The van der Waals surface area contributed by atoms with Crippen LogP contribution in [-0.2, 0) is 13.0 Å². The number of rotatable bonds is 5. The molecule has 1 saturated heterocycles. The standard InChI is InChI=1S/C20H25N3/c1-2-18-8-10-19(11-9-18)16-21-23-14-12-22(13-15-23)17-20-6-4-3-5-7-20/h3-11,16H,2,12-15,17H2,1H3/p+1. The third-order valence-electron chi connectivity index (χ3n) is 4.50. The molecule has 1 N–H and O–H groups in total. The number of quaternary nitrogens is 1. The van der Waals surface area contributed by atoms with Gasteiger partial charge in [-0.3, -0.25) is 5.01 Å². The largest absolute Gasteiger partial charge is 0.328 e. The summed E-state index contributed by atoms with van der Waals surface area (Å²) in [5.41, 5.74) is 3.98. The van der Waals surface area contributed by atoms with Gasteiger partial charge in [0, 0.05) is 5.56 Å². The minimum absolute atomic E-state index is 1.03. The van der Waals surface area contributed by atoms with Gasteiger partial charge in [0.1, 0.15) is 6.54 Å². The molecule has 3 heteroatoms. The van der Waals surface area contributed by atoms with E-state index in [9.17, 15) is 0 Å². The van der Waals surface area contributed by atoms with Crippen LogP contribution in [0.15, 0.2) is 59.7 Å². The lowest BCUT2D eigenvalue weighted by molar-refractivity contribution is -0.918. The van der Waals surface area contributed by atoms with Crippen molar-refractivity contribution in [3.63, 3.8) is 0 Å². The number of benzene rings is 2. The van der Waals surface area contributed by atoms with E-state index in [0.717, 1.165) is 39.1 Å². The summed E-state index contributed by atoms with van der Waals surface area (Å²) in [4.78, 5) is 1.65. The molecule has 0 unspecified atom stereocenters. The zero-order valence-corrected chi connectivity index (χ0v) is 13.9. The summed E-state index contributed by atoms with van der Waals surface area (Å²) in [6.45, 7) is 7.68. The van der Waals surface area contributed by atoms with E-state index in [1.54, 1.807) is 4.90 Å². The average molecular weight is 308 g/mol. The van der Waals surface area contributed by atoms with Crippen LogP contribution in [0, 0.1) is 0 Å². The van der Waals surface area contributed by atoms with Gasteiger partial charge in [0.15, 0.2) is 0 Å². The summed E-state index contributed by atoms with van der Waals surface area (Å²) in [5, 5.41) is 6.84. The lowest BCUT2D eigenvalue weighted by Gasteiger charge is -2.30. The number of nitrogens with one attached hydrogen (secondary N) is 1. The second-order valence-corrected chi connectivity index (χ2v) is 6.21. The SMILES string of the molecule is CCc1ccc(C=NN2CC[NH+](Cc3ccccc3)CC2)cc1. The summed E-state index contributed by atoms with van der Waals surface area (Å²) >= 11 is 0. The lowest BCUT2D eigenvalue weighted by atomic mass is 10.1. The summed E-state index contributed by atoms with van der Waals surface area (Å²) in [7, 11) is 0. The van der Waals surface area contributed by atoms with Crippen molar-refractivity contribution in [2.24, 2.45) is 5.10 Å². The highest BCUT2D eigenvalue weighted by molar-refractivity contribution is 5.79. The Bertz CT molecular complexity index is 611. The maximum Gasteiger partial charge on any atom is 0.103 e. The van der Waals surface area contributed by atoms with Crippen molar-refractivity contribution in [2.75, 3.05) is 26.2 Å². The molecule has 1 aliphatic heterocycles. The molecular weight excluding hydrogens is 282 g/mol. The van der Waals surface area contributed by atoms with Gasteiger partial charge in [-0.1, -0.05) is 61.5 Å². The molecule has 120 valence electrons. The maximum absolute atomic E-state index is 4.65. The number of aryl methyl sites for hydroxylation is 1. The molecule has 0 amide bonds. The molecule has 1 heterocycles. The van der Waals surface area contributed by atoms with Crippen molar-refractivity contribution in [2.45, 2.75) is 19.9 Å². The predicted molar refractivity (Wildman–Crippen MR) is 95.8 cm³/mol. The van der Waals surface area contributed by atoms with E-state index in [-0.39, 0.29) is 0 Å². The van der Waals surface area contributed by atoms with Gasteiger partial charge in [-0.25, -0.2) is 0 Å². The number of hydrazone groups is 1. The number of hydrogen-bond acceptors (Lipinski definition) is 2. The summed E-state index contributed by atoms with van der Waals surface area (Å²) in [5.74, 6) is 0. The Morgan fingerprint density at radius 3 is 2.30 bits per heavy atom. The molecule has 0 aliphatic carbocycles. The zero-order chi connectivity index (χ0) is 15.9. The van der Waals surface area contributed by atoms with E-state index < -0.39 is 0 Å².